The fourth-order valence-electron chi connectivity index (χ4n) is 2.96. The summed E-state index contributed by atoms with van der Waals surface area (Å²) in [5.74, 6) is 0.355. The zero-order chi connectivity index (χ0) is 14.8. The van der Waals surface area contributed by atoms with E-state index in [9.17, 15) is 9.59 Å². The van der Waals surface area contributed by atoms with Crippen molar-refractivity contribution in [3.63, 3.8) is 0 Å². The summed E-state index contributed by atoms with van der Waals surface area (Å²) in [6.45, 7) is 1.54. The highest BCUT2D eigenvalue weighted by Gasteiger charge is 2.35. The molecule has 6 nitrogen and oxygen atoms in total. The van der Waals surface area contributed by atoms with Crippen LogP contribution in [0.3, 0.4) is 0 Å². The molecule has 2 N–H and O–H groups in total. The lowest BCUT2D eigenvalue weighted by molar-refractivity contribution is -0.137. The third-order valence-corrected chi connectivity index (χ3v) is 3.96. The molecule has 0 radical (unpaired) electrons. The standard InChI is InChI=1S/C15H18N2O4/c18-6-7-21-13-3-1-2-10-8-17(9-11(10)13)12-4-5-14(19)16-15(12)20/h1-3,12,18H,4-9H2,(H,16,19,20)/t12-/m0/s1. The maximum atomic E-state index is 12.0. The molecule has 21 heavy (non-hydrogen) atoms. The first-order chi connectivity index (χ1) is 10.2. The SMILES string of the molecule is O=C1CC[C@H](N2Cc3cccc(OCCO)c3C2)C(=O)N1. The molecule has 1 saturated heterocycles. The normalized spacial score (nSPS) is 22.0. The number of ether oxygens (including phenoxy) is 1. The molecular weight excluding hydrogens is 272 g/mol. The molecular formula is C15H18N2O4. The number of rotatable bonds is 4. The Morgan fingerprint density at radius 3 is 2.95 bits per heavy atom. The number of aliphatic hydroxyl groups is 1. The second-order valence-corrected chi connectivity index (χ2v) is 5.34. The number of carbonyl (C=O) groups is 2. The number of nitrogens with zero attached hydrogens (tertiary/aromatic N) is 1. The Kier molecular flexibility index (Phi) is 3.90. The van der Waals surface area contributed by atoms with E-state index in [1.165, 1.54) is 0 Å². The summed E-state index contributed by atoms with van der Waals surface area (Å²) in [4.78, 5) is 25.3. The molecule has 6 heteroatoms. The fourth-order valence-corrected chi connectivity index (χ4v) is 2.96. The summed E-state index contributed by atoms with van der Waals surface area (Å²) in [5, 5.41) is 11.3. The number of nitrogens with one attached hydrogen (secondary N) is 1. The number of amides is 2. The largest absolute Gasteiger partial charge is 0.491 e. The molecule has 0 spiro atoms. The van der Waals surface area contributed by atoms with E-state index in [-0.39, 0.29) is 31.1 Å². The van der Waals surface area contributed by atoms with E-state index < -0.39 is 0 Å². The zero-order valence-electron chi connectivity index (χ0n) is 11.7. The number of carbonyl (C=O) groups excluding carboxylic acids is 2. The van der Waals surface area contributed by atoms with Gasteiger partial charge in [0.05, 0.1) is 12.6 Å². The first-order valence-corrected chi connectivity index (χ1v) is 7.11. The Balaban J connectivity index is 1.75. The monoisotopic (exact) mass is 290 g/mol. The third-order valence-electron chi connectivity index (χ3n) is 3.96. The first-order valence-electron chi connectivity index (χ1n) is 7.11. The summed E-state index contributed by atoms with van der Waals surface area (Å²) >= 11 is 0. The van der Waals surface area contributed by atoms with Crippen molar-refractivity contribution < 1.29 is 19.4 Å². The van der Waals surface area contributed by atoms with E-state index in [2.05, 4.69) is 10.2 Å². The van der Waals surface area contributed by atoms with Crippen molar-refractivity contribution in [2.24, 2.45) is 0 Å². The van der Waals surface area contributed by atoms with E-state index in [0.29, 0.717) is 25.9 Å². The average molecular weight is 290 g/mol. The van der Waals surface area contributed by atoms with Gasteiger partial charge in [0.1, 0.15) is 12.4 Å². The van der Waals surface area contributed by atoms with Crippen molar-refractivity contribution in [3.8, 4) is 5.75 Å². The fraction of sp³-hybridized carbons (Fsp3) is 0.467. The molecule has 2 aliphatic heterocycles. The van der Waals surface area contributed by atoms with E-state index in [4.69, 9.17) is 9.84 Å². The van der Waals surface area contributed by atoms with Gasteiger partial charge < -0.3 is 9.84 Å². The molecule has 2 heterocycles. The molecule has 112 valence electrons. The molecule has 1 atom stereocenters. The van der Waals surface area contributed by atoms with Crippen LogP contribution in [0, 0.1) is 0 Å². The van der Waals surface area contributed by atoms with Gasteiger partial charge in [0, 0.05) is 25.1 Å². The number of hydrogen-bond donors (Lipinski definition) is 2. The minimum absolute atomic E-state index is 0.0273. The lowest BCUT2D eigenvalue weighted by Gasteiger charge is -2.29. The second kappa shape index (κ2) is 5.83. The van der Waals surface area contributed by atoms with Crippen LogP contribution >= 0.6 is 0 Å². The number of imide groups is 1. The smallest absolute Gasteiger partial charge is 0.243 e. The lowest BCUT2D eigenvalue weighted by Crippen LogP contribution is -2.50. The number of benzene rings is 1. The number of hydrogen-bond acceptors (Lipinski definition) is 5. The van der Waals surface area contributed by atoms with Crippen LogP contribution < -0.4 is 10.1 Å². The third kappa shape index (κ3) is 2.77. The van der Waals surface area contributed by atoms with E-state index >= 15 is 0 Å². The van der Waals surface area contributed by atoms with Crippen molar-refractivity contribution in [2.75, 3.05) is 13.2 Å². The van der Waals surface area contributed by atoms with Crippen LogP contribution in [0.15, 0.2) is 18.2 Å². The van der Waals surface area contributed by atoms with Crippen molar-refractivity contribution in [1.82, 2.24) is 10.2 Å². The minimum atomic E-state index is -0.263. The number of fused-ring (bicyclic) bond motifs is 1. The molecule has 2 aliphatic rings. The van der Waals surface area contributed by atoms with Crippen LogP contribution in [0.2, 0.25) is 0 Å². The molecule has 1 fully saturated rings. The lowest BCUT2D eigenvalue weighted by atomic mass is 10.0. The Labute approximate surface area is 122 Å². The molecule has 3 rings (SSSR count). The molecule has 0 unspecified atom stereocenters. The predicted octanol–water partition coefficient (Wildman–Crippen LogP) is 0.178. The minimum Gasteiger partial charge on any atom is -0.491 e. The molecule has 0 bridgehead atoms. The first kappa shape index (κ1) is 14.0. The molecule has 2 amide bonds. The Hall–Kier alpha value is -1.92. The van der Waals surface area contributed by atoms with Gasteiger partial charge in [0.25, 0.3) is 0 Å². The van der Waals surface area contributed by atoms with Gasteiger partial charge in [-0.25, -0.2) is 0 Å². The average Bonchev–Trinajstić information content (AvgIpc) is 2.89. The van der Waals surface area contributed by atoms with Crippen molar-refractivity contribution >= 4 is 11.8 Å². The highest BCUT2D eigenvalue weighted by atomic mass is 16.5. The molecule has 0 saturated carbocycles. The predicted molar refractivity (Wildman–Crippen MR) is 74.4 cm³/mol. The van der Waals surface area contributed by atoms with Crippen LogP contribution in [-0.2, 0) is 22.7 Å². The van der Waals surface area contributed by atoms with Gasteiger partial charge in [-0.2, -0.15) is 0 Å². The van der Waals surface area contributed by atoms with E-state index in [1.54, 1.807) is 0 Å². The summed E-state index contributed by atoms with van der Waals surface area (Å²) in [6, 6.07) is 5.55. The second-order valence-electron chi connectivity index (χ2n) is 5.34. The van der Waals surface area contributed by atoms with Gasteiger partial charge in [-0.3, -0.25) is 19.8 Å². The van der Waals surface area contributed by atoms with Gasteiger partial charge in [-0.1, -0.05) is 12.1 Å². The number of piperidine rings is 1. The summed E-state index contributed by atoms with van der Waals surface area (Å²) < 4.78 is 5.55. The number of aliphatic hydroxyl groups excluding tert-OH is 1. The quantitative estimate of drug-likeness (QED) is 0.773. The van der Waals surface area contributed by atoms with Gasteiger partial charge in [0.15, 0.2) is 0 Å². The van der Waals surface area contributed by atoms with E-state index in [1.807, 2.05) is 18.2 Å². The zero-order valence-corrected chi connectivity index (χ0v) is 11.7. The maximum Gasteiger partial charge on any atom is 0.243 e. The maximum absolute atomic E-state index is 12.0. The van der Waals surface area contributed by atoms with Crippen molar-refractivity contribution in [1.29, 1.82) is 0 Å². The van der Waals surface area contributed by atoms with Crippen molar-refractivity contribution in [3.05, 3.63) is 29.3 Å². The Morgan fingerprint density at radius 1 is 1.33 bits per heavy atom. The molecule has 1 aromatic carbocycles. The molecule has 0 aliphatic carbocycles. The summed E-state index contributed by atoms with van der Waals surface area (Å²) in [6.07, 6.45) is 0.947. The highest BCUT2D eigenvalue weighted by Crippen LogP contribution is 2.33. The van der Waals surface area contributed by atoms with Crippen LogP contribution in [0.5, 0.6) is 5.75 Å². The van der Waals surface area contributed by atoms with Crippen LogP contribution in [0.1, 0.15) is 24.0 Å². The highest BCUT2D eigenvalue weighted by molar-refractivity contribution is 6.00. The summed E-state index contributed by atoms with van der Waals surface area (Å²) in [5.41, 5.74) is 2.20. The Bertz CT molecular complexity index is 573. The van der Waals surface area contributed by atoms with Gasteiger partial charge in [-0.15, -0.1) is 0 Å². The van der Waals surface area contributed by atoms with Crippen LogP contribution in [0.25, 0.3) is 0 Å². The molecule has 1 aromatic rings. The van der Waals surface area contributed by atoms with E-state index in [0.717, 1.165) is 16.9 Å². The van der Waals surface area contributed by atoms with Gasteiger partial charge in [-0.05, 0) is 18.1 Å². The van der Waals surface area contributed by atoms with Gasteiger partial charge >= 0.3 is 0 Å². The molecule has 0 aromatic heterocycles. The summed E-state index contributed by atoms with van der Waals surface area (Å²) in [7, 11) is 0. The topological polar surface area (TPSA) is 78.9 Å². The Morgan fingerprint density at radius 2 is 2.19 bits per heavy atom. The van der Waals surface area contributed by atoms with Crippen molar-refractivity contribution in [2.45, 2.75) is 32.0 Å². The van der Waals surface area contributed by atoms with Crippen LogP contribution in [-0.4, -0.2) is 41.1 Å². The van der Waals surface area contributed by atoms with Crippen LogP contribution in [0.4, 0.5) is 0 Å². The van der Waals surface area contributed by atoms with Gasteiger partial charge in [0.2, 0.25) is 11.8 Å².